The Kier molecular flexibility index (Phi) is 4.54. The van der Waals surface area contributed by atoms with Crippen LogP contribution in [0.25, 0.3) is 0 Å². The van der Waals surface area contributed by atoms with E-state index in [4.69, 9.17) is 0 Å². The van der Waals surface area contributed by atoms with Crippen molar-refractivity contribution >= 4 is 0 Å². The quantitative estimate of drug-likeness (QED) is 0.838. The lowest BCUT2D eigenvalue weighted by atomic mass is 10.0. The van der Waals surface area contributed by atoms with Gasteiger partial charge in [-0.15, -0.1) is 0 Å². The molecule has 0 fully saturated rings. The molecule has 2 rings (SSSR count). The zero-order valence-electron chi connectivity index (χ0n) is 11.2. The number of hydrogen-bond donors (Lipinski definition) is 1. The molecule has 0 aliphatic heterocycles. The van der Waals surface area contributed by atoms with Gasteiger partial charge >= 0.3 is 0 Å². The Balaban J connectivity index is 1.86. The van der Waals surface area contributed by atoms with Crippen LogP contribution in [0.5, 0.6) is 0 Å². The molecule has 0 aliphatic carbocycles. The van der Waals surface area contributed by atoms with Gasteiger partial charge in [0.1, 0.15) is 0 Å². The second kappa shape index (κ2) is 6.36. The van der Waals surface area contributed by atoms with E-state index in [1.807, 2.05) is 0 Å². The standard InChI is InChI=1S/C17H21N/c1-14-8-6-7-11-17(14)12-15(2)18-13-16-9-4-3-5-10-16/h3-11,15,18H,12-13H2,1-2H3. The van der Waals surface area contributed by atoms with Gasteiger partial charge in [0.05, 0.1) is 0 Å². The summed E-state index contributed by atoms with van der Waals surface area (Å²) in [6, 6.07) is 19.7. The van der Waals surface area contributed by atoms with Crippen molar-refractivity contribution in [3.05, 3.63) is 71.3 Å². The van der Waals surface area contributed by atoms with E-state index in [0.717, 1.165) is 13.0 Å². The molecule has 0 spiro atoms. The summed E-state index contributed by atoms with van der Waals surface area (Å²) in [6.45, 7) is 5.36. The first-order valence-corrected chi connectivity index (χ1v) is 6.57. The first-order chi connectivity index (χ1) is 8.75. The van der Waals surface area contributed by atoms with Crippen LogP contribution in [0.15, 0.2) is 54.6 Å². The zero-order chi connectivity index (χ0) is 12.8. The molecular weight excluding hydrogens is 218 g/mol. The minimum absolute atomic E-state index is 0.492. The molecule has 1 heteroatoms. The SMILES string of the molecule is Cc1ccccc1CC(C)NCc1ccccc1. The Labute approximate surface area is 110 Å². The highest BCUT2D eigenvalue weighted by molar-refractivity contribution is 5.26. The monoisotopic (exact) mass is 239 g/mol. The van der Waals surface area contributed by atoms with Crippen LogP contribution in [0.2, 0.25) is 0 Å². The molecule has 1 atom stereocenters. The minimum Gasteiger partial charge on any atom is -0.310 e. The van der Waals surface area contributed by atoms with Crippen LogP contribution >= 0.6 is 0 Å². The molecule has 0 saturated heterocycles. The van der Waals surface area contributed by atoms with Crippen LogP contribution in [0.4, 0.5) is 0 Å². The highest BCUT2D eigenvalue weighted by atomic mass is 14.9. The number of hydrogen-bond acceptors (Lipinski definition) is 1. The molecular formula is C17H21N. The van der Waals surface area contributed by atoms with E-state index in [-0.39, 0.29) is 0 Å². The number of rotatable bonds is 5. The summed E-state index contributed by atoms with van der Waals surface area (Å²) in [6.07, 6.45) is 1.08. The van der Waals surface area contributed by atoms with E-state index in [2.05, 4.69) is 73.8 Å². The van der Waals surface area contributed by atoms with Crippen molar-refractivity contribution < 1.29 is 0 Å². The summed E-state index contributed by atoms with van der Waals surface area (Å²) in [5.74, 6) is 0. The van der Waals surface area contributed by atoms with E-state index in [0.29, 0.717) is 6.04 Å². The fourth-order valence-electron chi connectivity index (χ4n) is 2.13. The summed E-state index contributed by atoms with van der Waals surface area (Å²) in [7, 11) is 0. The fraction of sp³-hybridized carbons (Fsp3) is 0.294. The van der Waals surface area contributed by atoms with Gasteiger partial charge in [-0.1, -0.05) is 54.6 Å². The van der Waals surface area contributed by atoms with Crippen molar-refractivity contribution in [1.29, 1.82) is 0 Å². The van der Waals surface area contributed by atoms with Gasteiger partial charge in [0.2, 0.25) is 0 Å². The molecule has 94 valence electrons. The van der Waals surface area contributed by atoms with Gasteiger partial charge in [0.25, 0.3) is 0 Å². The van der Waals surface area contributed by atoms with Crippen molar-refractivity contribution in [3.63, 3.8) is 0 Å². The molecule has 2 aromatic carbocycles. The first kappa shape index (κ1) is 12.8. The maximum absolute atomic E-state index is 3.57. The van der Waals surface area contributed by atoms with Crippen molar-refractivity contribution in [1.82, 2.24) is 5.32 Å². The molecule has 1 unspecified atom stereocenters. The van der Waals surface area contributed by atoms with Crippen LogP contribution < -0.4 is 5.32 Å². The lowest BCUT2D eigenvalue weighted by molar-refractivity contribution is 0.544. The molecule has 0 bridgehead atoms. The third kappa shape index (κ3) is 3.71. The molecule has 0 amide bonds. The Hall–Kier alpha value is -1.60. The van der Waals surface area contributed by atoms with Crippen LogP contribution in [-0.4, -0.2) is 6.04 Å². The third-order valence-electron chi connectivity index (χ3n) is 3.28. The van der Waals surface area contributed by atoms with E-state index in [9.17, 15) is 0 Å². The second-order valence-electron chi connectivity index (χ2n) is 4.90. The summed E-state index contributed by atoms with van der Waals surface area (Å²) >= 11 is 0. The summed E-state index contributed by atoms with van der Waals surface area (Å²) in [4.78, 5) is 0. The van der Waals surface area contributed by atoms with Crippen LogP contribution in [0, 0.1) is 6.92 Å². The second-order valence-corrected chi connectivity index (χ2v) is 4.90. The van der Waals surface area contributed by atoms with Crippen LogP contribution in [0.3, 0.4) is 0 Å². The zero-order valence-corrected chi connectivity index (χ0v) is 11.2. The average molecular weight is 239 g/mol. The van der Waals surface area contributed by atoms with Crippen LogP contribution in [-0.2, 0) is 13.0 Å². The van der Waals surface area contributed by atoms with E-state index in [1.165, 1.54) is 16.7 Å². The Morgan fingerprint density at radius 2 is 1.61 bits per heavy atom. The Bertz CT molecular complexity index is 476. The third-order valence-corrected chi connectivity index (χ3v) is 3.28. The molecule has 18 heavy (non-hydrogen) atoms. The van der Waals surface area contributed by atoms with Crippen molar-refractivity contribution in [2.75, 3.05) is 0 Å². The van der Waals surface area contributed by atoms with Crippen molar-refractivity contribution in [2.24, 2.45) is 0 Å². The lowest BCUT2D eigenvalue weighted by Gasteiger charge is -2.15. The molecule has 1 N–H and O–H groups in total. The largest absolute Gasteiger partial charge is 0.310 e. The summed E-state index contributed by atoms with van der Waals surface area (Å²) < 4.78 is 0. The van der Waals surface area contributed by atoms with Gasteiger partial charge in [0.15, 0.2) is 0 Å². The predicted octanol–water partition coefficient (Wildman–Crippen LogP) is 3.72. The lowest BCUT2D eigenvalue weighted by Crippen LogP contribution is -2.27. The Morgan fingerprint density at radius 3 is 2.33 bits per heavy atom. The molecule has 1 nitrogen and oxygen atoms in total. The van der Waals surface area contributed by atoms with E-state index in [1.54, 1.807) is 0 Å². The van der Waals surface area contributed by atoms with E-state index >= 15 is 0 Å². The molecule has 0 aromatic heterocycles. The number of nitrogens with one attached hydrogen (secondary N) is 1. The van der Waals surface area contributed by atoms with Crippen molar-refractivity contribution in [2.45, 2.75) is 32.9 Å². The molecule has 0 radical (unpaired) electrons. The Morgan fingerprint density at radius 1 is 0.944 bits per heavy atom. The van der Waals surface area contributed by atoms with Crippen LogP contribution in [0.1, 0.15) is 23.6 Å². The molecule has 2 aromatic rings. The topological polar surface area (TPSA) is 12.0 Å². The number of benzene rings is 2. The average Bonchev–Trinajstić information content (AvgIpc) is 2.40. The van der Waals surface area contributed by atoms with Gasteiger partial charge in [-0.2, -0.15) is 0 Å². The molecule has 0 aliphatic rings. The predicted molar refractivity (Wildman–Crippen MR) is 77.6 cm³/mol. The maximum Gasteiger partial charge on any atom is 0.0208 e. The van der Waals surface area contributed by atoms with Gasteiger partial charge in [-0.25, -0.2) is 0 Å². The van der Waals surface area contributed by atoms with Gasteiger partial charge in [-0.3, -0.25) is 0 Å². The molecule has 0 heterocycles. The summed E-state index contributed by atoms with van der Waals surface area (Å²) in [5.41, 5.74) is 4.16. The maximum atomic E-state index is 3.57. The smallest absolute Gasteiger partial charge is 0.0208 e. The van der Waals surface area contributed by atoms with Gasteiger partial charge in [0, 0.05) is 12.6 Å². The van der Waals surface area contributed by atoms with Crippen molar-refractivity contribution in [3.8, 4) is 0 Å². The summed E-state index contributed by atoms with van der Waals surface area (Å²) in [5, 5.41) is 3.57. The van der Waals surface area contributed by atoms with E-state index < -0.39 is 0 Å². The highest BCUT2D eigenvalue weighted by Gasteiger charge is 2.04. The fourth-order valence-corrected chi connectivity index (χ4v) is 2.13. The normalized spacial score (nSPS) is 12.3. The number of aryl methyl sites for hydroxylation is 1. The van der Waals surface area contributed by atoms with Gasteiger partial charge < -0.3 is 5.32 Å². The van der Waals surface area contributed by atoms with Gasteiger partial charge in [-0.05, 0) is 37.0 Å². The first-order valence-electron chi connectivity index (χ1n) is 6.57. The molecule has 0 saturated carbocycles. The highest BCUT2D eigenvalue weighted by Crippen LogP contribution is 2.10. The minimum atomic E-state index is 0.492.